The summed E-state index contributed by atoms with van der Waals surface area (Å²) >= 11 is 0. The Labute approximate surface area is 89.4 Å². The molecule has 82 valence electrons. The Morgan fingerprint density at radius 1 is 1.60 bits per heavy atom. The van der Waals surface area contributed by atoms with Crippen molar-refractivity contribution < 1.29 is 13.9 Å². The van der Waals surface area contributed by atoms with Crippen LogP contribution in [0, 0.1) is 5.92 Å². The van der Waals surface area contributed by atoms with Gasteiger partial charge in [0, 0.05) is 13.0 Å². The van der Waals surface area contributed by atoms with E-state index in [0.29, 0.717) is 24.0 Å². The van der Waals surface area contributed by atoms with Crippen molar-refractivity contribution >= 4 is 5.78 Å². The van der Waals surface area contributed by atoms with Crippen LogP contribution in [-0.4, -0.2) is 18.5 Å². The highest BCUT2D eigenvalue weighted by atomic mass is 16.5. The number of ether oxygens (including phenoxy) is 1. The van der Waals surface area contributed by atoms with Crippen LogP contribution in [0.5, 0.6) is 0 Å². The smallest absolute Gasteiger partial charge is 0.166 e. The first-order valence-electron chi connectivity index (χ1n) is 5.46. The predicted molar refractivity (Wildman–Crippen MR) is 55.8 cm³/mol. The number of furan rings is 1. The molecule has 2 rings (SSSR count). The van der Waals surface area contributed by atoms with Gasteiger partial charge in [-0.15, -0.1) is 0 Å². The largest absolute Gasteiger partial charge is 0.472 e. The van der Waals surface area contributed by atoms with Crippen LogP contribution < -0.4 is 0 Å². The second kappa shape index (κ2) is 4.62. The van der Waals surface area contributed by atoms with Crippen LogP contribution >= 0.6 is 0 Å². The van der Waals surface area contributed by atoms with Crippen molar-refractivity contribution in [2.45, 2.75) is 32.3 Å². The molecule has 3 heteroatoms. The molecule has 0 aromatic carbocycles. The first-order valence-corrected chi connectivity index (χ1v) is 5.46. The zero-order valence-electron chi connectivity index (χ0n) is 8.94. The van der Waals surface area contributed by atoms with Crippen molar-refractivity contribution in [2.75, 3.05) is 6.61 Å². The number of hydrogen-bond acceptors (Lipinski definition) is 3. The number of carbonyl (C=O) groups is 1. The zero-order chi connectivity index (χ0) is 10.7. The van der Waals surface area contributed by atoms with E-state index < -0.39 is 0 Å². The van der Waals surface area contributed by atoms with Gasteiger partial charge in [-0.05, 0) is 31.7 Å². The van der Waals surface area contributed by atoms with Crippen LogP contribution in [0.4, 0.5) is 0 Å². The molecule has 1 aromatic heterocycles. The maximum Gasteiger partial charge on any atom is 0.166 e. The van der Waals surface area contributed by atoms with E-state index >= 15 is 0 Å². The zero-order valence-corrected chi connectivity index (χ0v) is 8.94. The lowest BCUT2D eigenvalue weighted by Crippen LogP contribution is -2.32. The second-order valence-corrected chi connectivity index (χ2v) is 4.05. The third-order valence-corrected chi connectivity index (χ3v) is 2.91. The van der Waals surface area contributed by atoms with Crippen molar-refractivity contribution in [3.8, 4) is 0 Å². The number of Topliss-reactive ketones (excluding diaryl/α,β-unsaturated/α-hetero) is 1. The Bertz CT molecular complexity index is 310. The van der Waals surface area contributed by atoms with Crippen molar-refractivity contribution in [2.24, 2.45) is 5.92 Å². The average Bonchev–Trinajstić information content (AvgIpc) is 2.67. The summed E-state index contributed by atoms with van der Waals surface area (Å²) in [6, 6.07) is 1.72. The van der Waals surface area contributed by atoms with E-state index in [1.807, 2.05) is 6.92 Å². The summed E-state index contributed by atoms with van der Waals surface area (Å²) in [5.74, 6) is 0.688. The van der Waals surface area contributed by atoms with Crippen LogP contribution in [0.1, 0.15) is 36.5 Å². The highest BCUT2D eigenvalue weighted by Gasteiger charge is 2.31. The summed E-state index contributed by atoms with van der Waals surface area (Å²) in [6.07, 6.45) is 6.12. The highest BCUT2D eigenvalue weighted by molar-refractivity contribution is 5.95. The molecule has 1 aliphatic rings. The lowest BCUT2D eigenvalue weighted by Gasteiger charge is -2.34. The Kier molecular flexibility index (Phi) is 3.21. The number of carbonyl (C=O) groups excluding carboxylic acids is 1. The molecule has 0 spiro atoms. The fourth-order valence-corrected chi connectivity index (χ4v) is 2.02. The molecular weight excluding hydrogens is 192 g/mol. The molecule has 0 radical (unpaired) electrons. The van der Waals surface area contributed by atoms with Crippen molar-refractivity contribution in [1.82, 2.24) is 0 Å². The Morgan fingerprint density at radius 2 is 2.40 bits per heavy atom. The minimum absolute atomic E-state index is 0.184. The van der Waals surface area contributed by atoms with Gasteiger partial charge in [0.05, 0.1) is 17.9 Å². The summed E-state index contributed by atoms with van der Waals surface area (Å²) in [5, 5.41) is 0. The standard InChI is InChI=1S/C12H16O3/c1-2-15-11-5-9(6-11)7-12(13)10-3-4-14-8-10/h3-4,8-9,11H,2,5-7H2,1H3. The third-order valence-electron chi connectivity index (χ3n) is 2.91. The van der Waals surface area contributed by atoms with Crippen LogP contribution in [0.3, 0.4) is 0 Å². The first-order chi connectivity index (χ1) is 7.29. The maximum atomic E-state index is 11.7. The minimum Gasteiger partial charge on any atom is -0.472 e. The summed E-state index contributed by atoms with van der Waals surface area (Å²) in [5.41, 5.74) is 0.690. The number of rotatable bonds is 5. The molecule has 0 bridgehead atoms. The van der Waals surface area contributed by atoms with E-state index in [1.54, 1.807) is 6.07 Å². The molecule has 1 saturated carbocycles. The van der Waals surface area contributed by atoms with Gasteiger partial charge in [0.2, 0.25) is 0 Å². The lowest BCUT2D eigenvalue weighted by atomic mass is 9.78. The number of ketones is 1. The second-order valence-electron chi connectivity index (χ2n) is 4.05. The van der Waals surface area contributed by atoms with Gasteiger partial charge in [0.25, 0.3) is 0 Å². The Balaban J connectivity index is 1.74. The molecule has 1 aromatic rings. The molecule has 3 nitrogen and oxygen atoms in total. The quantitative estimate of drug-likeness (QED) is 0.698. The summed E-state index contributed by atoms with van der Waals surface area (Å²) in [7, 11) is 0. The average molecular weight is 208 g/mol. The SMILES string of the molecule is CCOC1CC(CC(=O)c2ccoc2)C1. The molecule has 0 unspecified atom stereocenters. The minimum atomic E-state index is 0.184. The Morgan fingerprint density at radius 3 is 3.00 bits per heavy atom. The van der Waals surface area contributed by atoms with Gasteiger partial charge in [-0.1, -0.05) is 0 Å². The van der Waals surface area contributed by atoms with Crippen molar-refractivity contribution in [1.29, 1.82) is 0 Å². The van der Waals surface area contributed by atoms with Crippen LogP contribution in [0.2, 0.25) is 0 Å². The Hall–Kier alpha value is -1.09. The highest BCUT2D eigenvalue weighted by Crippen LogP contribution is 2.33. The molecule has 0 aliphatic heterocycles. The van der Waals surface area contributed by atoms with Crippen molar-refractivity contribution in [3.05, 3.63) is 24.2 Å². The summed E-state index contributed by atoms with van der Waals surface area (Å²) in [4.78, 5) is 11.7. The molecule has 15 heavy (non-hydrogen) atoms. The third kappa shape index (κ3) is 2.48. The van der Waals surface area contributed by atoms with Crippen molar-refractivity contribution in [3.63, 3.8) is 0 Å². The molecular formula is C12H16O3. The molecule has 1 aliphatic carbocycles. The van der Waals surface area contributed by atoms with Crippen LogP contribution in [0.25, 0.3) is 0 Å². The topological polar surface area (TPSA) is 39.4 Å². The molecule has 1 fully saturated rings. The molecule has 0 saturated heterocycles. The van der Waals surface area contributed by atoms with E-state index in [-0.39, 0.29) is 5.78 Å². The normalized spacial score (nSPS) is 24.9. The van der Waals surface area contributed by atoms with Gasteiger partial charge >= 0.3 is 0 Å². The fourth-order valence-electron chi connectivity index (χ4n) is 2.02. The van der Waals surface area contributed by atoms with Crippen LogP contribution in [0.15, 0.2) is 23.0 Å². The number of hydrogen-bond donors (Lipinski definition) is 0. The van der Waals surface area contributed by atoms with E-state index in [1.165, 1.54) is 12.5 Å². The lowest BCUT2D eigenvalue weighted by molar-refractivity contribution is -0.0246. The van der Waals surface area contributed by atoms with E-state index in [9.17, 15) is 4.79 Å². The van der Waals surface area contributed by atoms with Crippen LogP contribution in [-0.2, 0) is 4.74 Å². The van der Waals surface area contributed by atoms with E-state index in [0.717, 1.165) is 19.4 Å². The van der Waals surface area contributed by atoms with E-state index in [2.05, 4.69) is 0 Å². The molecule has 0 atom stereocenters. The predicted octanol–water partition coefficient (Wildman–Crippen LogP) is 2.67. The maximum absolute atomic E-state index is 11.7. The molecule has 1 heterocycles. The molecule has 0 N–H and O–H groups in total. The van der Waals surface area contributed by atoms with E-state index in [4.69, 9.17) is 9.15 Å². The van der Waals surface area contributed by atoms with Gasteiger partial charge in [0.1, 0.15) is 6.26 Å². The van der Waals surface area contributed by atoms with Gasteiger partial charge in [-0.3, -0.25) is 4.79 Å². The van der Waals surface area contributed by atoms with Gasteiger partial charge in [-0.2, -0.15) is 0 Å². The summed E-state index contributed by atoms with van der Waals surface area (Å²) < 4.78 is 10.3. The van der Waals surface area contributed by atoms with Gasteiger partial charge < -0.3 is 9.15 Å². The first kappa shape index (κ1) is 10.4. The molecule has 0 amide bonds. The van der Waals surface area contributed by atoms with Gasteiger partial charge in [0.15, 0.2) is 5.78 Å². The van der Waals surface area contributed by atoms with Gasteiger partial charge in [-0.25, -0.2) is 0 Å². The fraction of sp³-hybridized carbons (Fsp3) is 0.583. The monoisotopic (exact) mass is 208 g/mol. The summed E-state index contributed by atoms with van der Waals surface area (Å²) in [6.45, 7) is 2.77.